The Balaban J connectivity index is 1.51. The van der Waals surface area contributed by atoms with E-state index in [4.69, 9.17) is 9.47 Å². The number of carbonyl (C=O) groups is 1. The predicted molar refractivity (Wildman–Crippen MR) is 117 cm³/mol. The second-order valence-corrected chi connectivity index (χ2v) is 8.22. The normalized spacial score (nSPS) is 19.8. The Morgan fingerprint density at radius 3 is 2.72 bits per heavy atom. The van der Waals surface area contributed by atoms with Crippen LogP contribution in [0, 0.1) is 0 Å². The fourth-order valence-electron chi connectivity index (χ4n) is 3.38. The van der Waals surface area contributed by atoms with Crippen LogP contribution in [0.3, 0.4) is 0 Å². The smallest absolute Gasteiger partial charge is 0.262 e. The lowest BCUT2D eigenvalue weighted by Gasteiger charge is -2.24. The van der Waals surface area contributed by atoms with E-state index in [1.54, 1.807) is 11.8 Å². The van der Waals surface area contributed by atoms with Crippen molar-refractivity contribution in [1.82, 2.24) is 10.2 Å². The van der Waals surface area contributed by atoms with Crippen LogP contribution < -0.4 is 14.8 Å². The van der Waals surface area contributed by atoms with E-state index < -0.39 is 0 Å². The van der Waals surface area contributed by atoms with Crippen LogP contribution in [0.5, 0.6) is 11.5 Å². The highest BCUT2D eigenvalue weighted by molar-refractivity contribution is 8.05. The summed E-state index contributed by atoms with van der Waals surface area (Å²) in [7, 11) is 0. The number of fused-ring (bicyclic) bond motifs is 1. The third-order valence-electron chi connectivity index (χ3n) is 4.93. The molecule has 5 nitrogen and oxygen atoms in total. The highest BCUT2D eigenvalue weighted by atomic mass is 32.2. The first-order valence-corrected chi connectivity index (χ1v) is 11.0. The molecule has 1 N–H and O–H groups in total. The molecule has 1 amide bonds. The zero-order chi connectivity index (χ0) is 20.1. The van der Waals surface area contributed by atoms with Crippen molar-refractivity contribution in [2.45, 2.75) is 31.8 Å². The minimum Gasteiger partial charge on any atom is -0.486 e. The third kappa shape index (κ3) is 4.77. The first kappa shape index (κ1) is 19.9. The lowest BCUT2D eigenvalue weighted by molar-refractivity contribution is -0.126. The van der Waals surface area contributed by atoms with Crippen LogP contribution in [0.15, 0.2) is 53.4 Å². The average molecular weight is 411 g/mol. The van der Waals surface area contributed by atoms with E-state index in [2.05, 4.69) is 24.4 Å². The summed E-state index contributed by atoms with van der Waals surface area (Å²) >= 11 is 1.58. The zero-order valence-electron chi connectivity index (χ0n) is 16.6. The lowest BCUT2D eigenvalue weighted by atomic mass is 10.1. The Labute approximate surface area is 176 Å². The largest absolute Gasteiger partial charge is 0.486 e. The number of nitrogens with one attached hydrogen (secondary N) is 1. The molecule has 4 rings (SSSR count). The number of nitrogens with zero attached hydrogens (tertiary/aromatic N) is 1. The highest BCUT2D eigenvalue weighted by Crippen LogP contribution is 2.37. The van der Waals surface area contributed by atoms with E-state index in [0.717, 1.165) is 47.9 Å². The Morgan fingerprint density at radius 2 is 1.93 bits per heavy atom. The van der Waals surface area contributed by atoms with E-state index in [-0.39, 0.29) is 11.4 Å². The van der Waals surface area contributed by atoms with Gasteiger partial charge in [-0.25, -0.2) is 0 Å². The molecule has 2 aromatic rings. The van der Waals surface area contributed by atoms with Gasteiger partial charge in [0.15, 0.2) is 11.5 Å². The van der Waals surface area contributed by atoms with E-state index in [1.807, 2.05) is 47.4 Å². The first-order valence-electron chi connectivity index (χ1n) is 10.1. The molecule has 6 heteroatoms. The summed E-state index contributed by atoms with van der Waals surface area (Å²) in [6.45, 7) is 4.75. The van der Waals surface area contributed by atoms with Gasteiger partial charge >= 0.3 is 0 Å². The minimum atomic E-state index is -0.0577. The van der Waals surface area contributed by atoms with Gasteiger partial charge in [0, 0.05) is 13.1 Å². The molecule has 1 saturated heterocycles. The number of rotatable bonds is 7. The molecular formula is C23H26N2O3S. The molecule has 0 aromatic heterocycles. The van der Waals surface area contributed by atoms with Crippen LogP contribution in [0.4, 0.5) is 0 Å². The van der Waals surface area contributed by atoms with Crippen molar-refractivity contribution >= 4 is 23.7 Å². The fourth-order valence-corrected chi connectivity index (χ4v) is 4.54. The number of hydrogen-bond acceptors (Lipinski definition) is 5. The monoisotopic (exact) mass is 410 g/mol. The van der Waals surface area contributed by atoms with Gasteiger partial charge in [-0.2, -0.15) is 0 Å². The van der Waals surface area contributed by atoms with Gasteiger partial charge < -0.3 is 14.4 Å². The number of hydrogen-bond donors (Lipinski definition) is 1. The van der Waals surface area contributed by atoms with Gasteiger partial charge in [-0.05, 0) is 35.8 Å². The van der Waals surface area contributed by atoms with Crippen LogP contribution in [0.25, 0.3) is 6.08 Å². The number of thioether (sulfide) groups is 1. The quantitative estimate of drug-likeness (QED) is 0.692. The molecule has 0 spiro atoms. The molecule has 1 fully saturated rings. The van der Waals surface area contributed by atoms with Crippen molar-refractivity contribution in [3.05, 3.63) is 64.6 Å². The standard InChI is InChI=1S/C23H26N2O3S/c1-2-3-11-25-22(26)21(29-23(25)24-16-17-7-5-4-6-8-17)15-18-9-10-19-20(14-18)28-13-12-27-19/h4-10,14-15,23-24H,2-3,11-13,16H2,1H3/b21-15-. The van der Waals surface area contributed by atoms with Crippen molar-refractivity contribution in [2.24, 2.45) is 0 Å². The van der Waals surface area contributed by atoms with Gasteiger partial charge in [0.05, 0.1) is 4.91 Å². The van der Waals surface area contributed by atoms with E-state index in [1.165, 1.54) is 5.56 Å². The molecule has 0 saturated carbocycles. The molecule has 1 atom stereocenters. The van der Waals surface area contributed by atoms with Crippen LogP contribution >= 0.6 is 11.8 Å². The number of amides is 1. The molecule has 152 valence electrons. The van der Waals surface area contributed by atoms with Crippen molar-refractivity contribution in [3.8, 4) is 11.5 Å². The fraction of sp³-hybridized carbons (Fsp3) is 0.348. The molecule has 0 bridgehead atoms. The third-order valence-corrected chi connectivity index (χ3v) is 6.12. The molecule has 29 heavy (non-hydrogen) atoms. The summed E-state index contributed by atoms with van der Waals surface area (Å²) in [5.41, 5.74) is 2.10. The maximum atomic E-state index is 13.1. The van der Waals surface area contributed by atoms with Crippen LogP contribution in [0.2, 0.25) is 0 Å². The molecule has 0 radical (unpaired) electrons. The van der Waals surface area contributed by atoms with Crippen molar-refractivity contribution < 1.29 is 14.3 Å². The summed E-state index contributed by atoms with van der Waals surface area (Å²) in [6, 6.07) is 16.1. The summed E-state index contributed by atoms with van der Waals surface area (Å²) in [5.74, 6) is 1.59. The van der Waals surface area contributed by atoms with Crippen LogP contribution in [0.1, 0.15) is 30.9 Å². The number of ether oxygens (including phenoxy) is 2. The van der Waals surface area contributed by atoms with Gasteiger partial charge in [-0.1, -0.05) is 61.5 Å². The summed E-state index contributed by atoms with van der Waals surface area (Å²) < 4.78 is 11.3. The maximum Gasteiger partial charge on any atom is 0.262 e. The molecular weight excluding hydrogens is 384 g/mol. The Morgan fingerprint density at radius 1 is 1.14 bits per heavy atom. The molecule has 2 heterocycles. The van der Waals surface area contributed by atoms with E-state index in [0.29, 0.717) is 13.2 Å². The van der Waals surface area contributed by atoms with Gasteiger partial charge in [0.1, 0.15) is 18.7 Å². The summed E-state index contributed by atoms with van der Waals surface area (Å²) in [4.78, 5) is 15.8. The summed E-state index contributed by atoms with van der Waals surface area (Å²) in [5, 5.41) is 3.54. The highest BCUT2D eigenvalue weighted by Gasteiger charge is 2.35. The zero-order valence-corrected chi connectivity index (χ0v) is 17.4. The maximum absolute atomic E-state index is 13.1. The number of carbonyl (C=O) groups excluding carboxylic acids is 1. The Bertz CT molecular complexity index is 885. The van der Waals surface area contributed by atoms with Gasteiger partial charge in [-0.15, -0.1) is 0 Å². The average Bonchev–Trinajstić information content (AvgIpc) is 3.05. The van der Waals surface area contributed by atoms with Gasteiger partial charge in [-0.3, -0.25) is 10.1 Å². The van der Waals surface area contributed by atoms with Crippen molar-refractivity contribution in [1.29, 1.82) is 0 Å². The Kier molecular flexibility index (Phi) is 6.42. The predicted octanol–water partition coefficient (Wildman–Crippen LogP) is 4.25. The van der Waals surface area contributed by atoms with Crippen molar-refractivity contribution in [2.75, 3.05) is 19.8 Å². The number of unbranched alkanes of at least 4 members (excludes halogenated alkanes) is 1. The van der Waals surface area contributed by atoms with Gasteiger partial charge in [0.2, 0.25) is 0 Å². The SMILES string of the molecule is CCCCN1C(=O)/C(=C/c2ccc3c(c2)OCCO3)SC1NCc1ccccc1. The van der Waals surface area contributed by atoms with Gasteiger partial charge in [0.25, 0.3) is 5.91 Å². The molecule has 2 aliphatic heterocycles. The lowest BCUT2D eigenvalue weighted by Crippen LogP contribution is -2.42. The molecule has 1 unspecified atom stereocenters. The Hall–Kier alpha value is -2.44. The van der Waals surface area contributed by atoms with E-state index in [9.17, 15) is 4.79 Å². The molecule has 2 aromatic carbocycles. The minimum absolute atomic E-state index is 0.0577. The second kappa shape index (κ2) is 9.37. The topological polar surface area (TPSA) is 50.8 Å². The van der Waals surface area contributed by atoms with E-state index >= 15 is 0 Å². The second-order valence-electron chi connectivity index (χ2n) is 7.10. The summed E-state index contributed by atoms with van der Waals surface area (Å²) in [6.07, 6.45) is 4.00. The van der Waals surface area contributed by atoms with Crippen LogP contribution in [-0.4, -0.2) is 36.1 Å². The first-order chi connectivity index (χ1) is 14.2. The molecule has 0 aliphatic carbocycles. The van der Waals surface area contributed by atoms with Crippen LogP contribution in [-0.2, 0) is 11.3 Å². The molecule has 2 aliphatic rings. The van der Waals surface area contributed by atoms with Crippen molar-refractivity contribution in [3.63, 3.8) is 0 Å². The number of benzene rings is 2.